The van der Waals surface area contributed by atoms with Crippen LogP contribution in [0.4, 0.5) is 0 Å². The molecule has 0 spiro atoms. The summed E-state index contributed by atoms with van der Waals surface area (Å²) in [7, 11) is -1.68. The summed E-state index contributed by atoms with van der Waals surface area (Å²) < 4.78 is 12.7. The van der Waals surface area contributed by atoms with E-state index >= 15 is 0 Å². The highest BCUT2D eigenvalue weighted by atomic mass is 28.4. The summed E-state index contributed by atoms with van der Waals surface area (Å²) in [5, 5.41) is 0. The third kappa shape index (κ3) is 3.23. The van der Waals surface area contributed by atoms with E-state index in [0.717, 1.165) is 17.9 Å². The van der Waals surface area contributed by atoms with Crippen molar-refractivity contribution >= 4 is 8.32 Å². The van der Waals surface area contributed by atoms with Gasteiger partial charge in [0.15, 0.2) is 0 Å². The van der Waals surface area contributed by atoms with E-state index in [1.54, 1.807) is 0 Å². The maximum Gasteiger partial charge on any atom is 0.242 e. The Balaban J connectivity index is 2.18. The van der Waals surface area contributed by atoms with Crippen molar-refractivity contribution in [2.45, 2.75) is 57.8 Å². The van der Waals surface area contributed by atoms with E-state index in [-0.39, 0.29) is 11.0 Å². The second kappa shape index (κ2) is 5.66. The van der Waals surface area contributed by atoms with Crippen molar-refractivity contribution in [1.29, 1.82) is 0 Å². The molecule has 1 aliphatic heterocycles. The molecular weight excluding hydrogens is 312 g/mol. The van der Waals surface area contributed by atoms with E-state index < -0.39 is 8.32 Å². The number of fused-ring (bicyclic) bond motifs is 1. The topological polar surface area (TPSA) is 18.5 Å². The largest absolute Gasteiger partial charge is 0.544 e. The first kappa shape index (κ1) is 17.1. The summed E-state index contributed by atoms with van der Waals surface area (Å²) in [5.74, 6) is 2.01. The zero-order chi connectivity index (χ0) is 17.6. The van der Waals surface area contributed by atoms with E-state index in [1.165, 1.54) is 11.1 Å². The number of benzene rings is 2. The Morgan fingerprint density at radius 3 is 2.12 bits per heavy atom. The average molecular weight is 341 g/mol. The van der Waals surface area contributed by atoms with Gasteiger partial charge in [-0.15, -0.1) is 0 Å². The lowest BCUT2D eigenvalue weighted by Gasteiger charge is -2.45. The monoisotopic (exact) mass is 340 g/mol. The first-order valence-corrected chi connectivity index (χ1v) is 12.1. The van der Waals surface area contributed by atoms with Crippen LogP contribution >= 0.6 is 0 Å². The Kier molecular flexibility index (Phi) is 4.03. The van der Waals surface area contributed by atoms with Crippen molar-refractivity contribution in [2.75, 3.05) is 0 Å². The van der Waals surface area contributed by atoms with Gasteiger partial charge in [-0.25, -0.2) is 0 Å². The van der Waals surface area contributed by atoms with Crippen LogP contribution in [0.3, 0.4) is 0 Å². The van der Waals surface area contributed by atoms with Crippen molar-refractivity contribution in [3.63, 3.8) is 0 Å². The molecular formula is C21H28O2Si. The fourth-order valence-electron chi connectivity index (χ4n) is 3.87. The molecule has 2 aromatic carbocycles. The molecule has 2 aromatic rings. The summed E-state index contributed by atoms with van der Waals surface area (Å²) >= 11 is 0. The second-order valence-corrected chi connectivity index (χ2v) is 13.0. The van der Waals surface area contributed by atoms with Crippen LogP contribution in [0.2, 0.25) is 19.6 Å². The van der Waals surface area contributed by atoms with Crippen LogP contribution in [0.25, 0.3) is 0 Å². The van der Waals surface area contributed by atoms with Gasteiger partial charge in [-0.2, -0.15) is 0 Å². The molecule has 0 aromatic heterocycles. The highest BCUT2D eigenvalue weighted by molar-refractivity contribution is 6.70. The zero-order valence-corrected chi connectivity index (χ0v) is 16.6. The highest BCUT2D eigenvalue weighted by Gasteiger charge is 2.44. The molecule has 3 rings (SSSR count). The molecule has 3 heteroatoms. The summed E-state index contributed by atoms with van der Waals surface area (Å²) in [6, 6.07) is 16.9. The Hall–Kier alpha value is -1.74. The predicted molar refractivity (Wildman–Crippen MR) is 103 cm³/mol. The van der Waals surface area contributed by atoms with Crippen LogP contribution in [0.15, 0.2) is 48.5 Å². The van der Waals surface area contributed by atoms with Crippen LogP contribution in [-0.2, 0) is 5.41 Å². The van der Waals surface area contributed by atoms with Gasteiger partial charge in [0.2, 0.25) is 8.32 Å². The van der Waals surface area contributed by atoms with E-state index in [2.05, 4.69) is 82.9 Å². The standard InChI is InChI=1S/C21H28O2Si/c1-20(2)15-21(3,16-11-7-9-13-18(16)22-20)17-12-8-10-14-19(17)23-24(4,5)6/h7-14H,15H2,1-6H3. The molecule has 24 heavy (non-hydrogen) atoms. The third-order valence-electron chi connectivity index (χ3n) is 4.54. The Bertz CT molecular complexity index is 745. The Morgan fingerprint density at radius 1 is 0.875 bits per heavy atom. The SMILES string of the molecule is CC1(C)CC(C)(c2ccccc2O[Si](C)(C)C)c2ccccc2O1. The molecule has 0 aliphatic carbocycles. The van der Waals surface area contributed by atoms with Crippen molar-refractivity contribution in [3.8, 4) is 11.5 Å². The van der Waals surface area contributed by atoms with Crippen LogP contribution in [0.1, 0.15) is 38.3 Å². The van der Waals surface area contributed by atoms with Gasteiger partial charge in [0, 0.05) is 23.0 Å². The molecule has 0 fully saturated rings. The van der Waals surface area contributed by atoms with Gasteiger partial charge in [-0.1, -0.05) is 43.3 Å². The molecule has 0 saturated heterocycles. The number of hydrogen-bond donors (Lipinski definition) is 0. The van der Waals surface area contributed by atoms with Crippen molar-refractivity contribution in [1.82, 2.24) is 0 Å². The van der Waals surface area contributed by atoms with E-state index in [0.29, 0.717) is 0 Å². The fraction of sp³-hybridized carbons (Fsp3) is 0.429. The van der Waals surface area contributed by atoms with Crippen molar-refractivity contribution in [2.24, 2.45) is 0 Å². The summed E-state index contributed by atoms with van der Waals surface area (Å²) in [6.45, 7) is 13.4. The highest BCUT2D eigenvalue weighted by Crippen LogP contribution is 2.50. The second-order valence-electron chi connectivity index (χ2n) is 8.58. The van der Waals surface area contributed by atoms with Crippen LogP contribution < -0.4 is 9.16 Å². The molecule has 0 bridgehead atoms. The molecule has 0 amide bonds. The molecule has 2 nitrogen and oxygen atoms in total. The minimum absolute atomic E-state index is 0.130. The Morgan fingerprint density at radius 2 is 1.46 bits per heavy atom. The Labute approximate surface area is 146 Å². The minimum Gasteiger partial charge on any atom is -0.544 e. The summed E-state index contributed by atoms with van der Waals surface area (Å²) in [4.78, 5) is 0. The molecule has 1 atom stereocenters. The normalized spacial score (nSPS) is 22.4. The molecule has 128 valence electrons. The molecule has 1 unspecified atom stereocenters. The molecule has 0 N–H and O–H groups in total. The van der Waals surface area contributed by atoms with Crippen molar-refractivity contribution < 1.29 is 9.16 Å². The van der Waals surface area contributed by atoms with Gasteiger partial charge in [0.1, 0.15) is 17.1 Å². The fourth-order valence-corrected chi connectivity index (χ4v) is 4.71. The lowest BCUT2D eigenvalue weighted by Crippen LogP contribution is -2.44. The van der Waals surface area contributed by atoms with Gasteiger partial charge in [0.25, 0.3) is 0 Å². The van der Waals surface area contributed by atoms with Crippen LogP contribution in [0.5, 0.6) is 11.5 Å². The smallest absolute Gasteiger partial charge is 0.242 e. The predicted octanol–water partition coefficient (Wildman–Crippen LogP) is 5.77. The maximum absolute atomic E-state index is 6.43. The maximum atomic E-state index is 6.43. The zero-order valence-electron chi connectivity index (χ0n) is 15.6. The number of hydrogen-bond acceptors (Lipinski definition) is 2. The average Bonchev–Trinajstić information content (AvgIpc) is 2.44. The summed E-state index contributed by atoms with van der Waals surface area (Å²) in [6.07, 6.45) is 0.920. The van der Waals surface area contributed by atoms with Crippen LogP contribution in [-0.4, -0.2) is 13.9 Å². The molecule has 0 saturated carbocycles. The van der Waals surface area contributed by atoms with Gasteiger partial charge in [-0.3, -0.25) is 0 Å². The number of rotatable bonds is 3. The number of ether oxygens (including phenoxy) is 1. The first-order chi connectivity index (χ1) is 11.1. The van der Waals surface area contributed by atoms with Gasteiger partial charge >= 0.3 is 0 Å². The van der Waals surface area contributed by atoms with Crippen molar-refractivity contribution in [3.05, 3.63) is 59.7 Å². The van der Waals surface area contributed by atoms with Gasteiger partial charge in [-0.05, 0) is 45.6 Å². The molecule has 0 radical (unpaired) electrons. The van der Waals surface area contributed by atoms with Crippen LogP contribution in [0, 0.1) is 0 Å². The summed E-state index contributed by atoms with van der Waals surface area (Å²) in [5.41, 5.74) is 2.16. The van der Waals surface area contributed by atoms with E-state index in [1.807, 2.05) is 6.07 Å². The first-order valence-electron chi connectivity index (χ1n) is 8.68. The third-order valence-corrected chi connectivity index (χ3v) is 5.38. The molecule has 1 aliphatic rings. The lowest BCUT2D eigenvalue weighted by molar-refractivity contribution is 0.0580. The van der Waals surface area contributed by atoms with E-state index in [4.69, 9.17) is 9.16 Å². The minimum atomic E-state index is -1.68. The lowest BCUT2D eigenvalue weighted by atomic mass is 9.68. The van der Waals surface area contributed by atoms with Gasteiger partial charge in [0.05, 0.1) is 0 Å². The quantitative estimate of drug-likeness (QED) is 0.661. The molecule has 1 heterocycles. The van der Waals surface area contributed by atoms with E-state index in [9.17, 15) is 0 Å². The van der Waals surface area contributed by atoms with Gasteiger partial charge < -0.3 is 9.16 Å². The number of para-hydroxylation sites is 2.